The Morgan fingerprint density at radius 1 is 1.69 bits per heavy atom. The first-order chi connectivity index (χ1) is 6.25. The van der Waals surface area contributed by atoms with Crippen molar-refractivity contribution in [3.63, 3.8) is 0 Å². The van der Waals surface area contributed by atoms with Crippen LogP contribution >= 0.6 is 11.6 Å². The van der Waals surface area contributed by atoms with Crippen molar-refractivity contribution in [3.8, 4) is 0 Å². The number of halogens is 1. The first-order valence-electron chi connectivity index (χ1n) is 4.08. The monoisotopic (exact) mass is 201 g/mol. The van der Waals surface area contributed by atoms with Gasteiger partial charge in [0, 0.05) is 25.7 Å². The molecule has 72 valence electrons. The molecular weight excluding hydrogens is 190 g/mol. The summed E-state index contributed by atoms with van der Waals surface area (Å²) in [7, 11) is 1.62. The molecule has 1 heterocycles. The van der Waals surface area contributed by atoms with Gasteiger partial charge in [-0.2, -0.15) is 5.10 Å². The first-order valence-corrected chi connectivity index (χ1v) is 4.61. The average molecular weight is 202 g/mol. The van der Waals surface area contributed by atoms with Gasteiger partial charge >= 0.3 is 0 Å². The Labute approximate surface area is 81.5 Å². The van der Waals surface area contributed by atoms with E-state index in [1.807, 2.05) is 0 Å². The lowest BCUT2D eigenvalue weighted by Gasteiger charge is -2.04. The van der Waals surface area contributed by atoms with Gasteiger partial charge in [-0.3, -0.25) is 4.79 Å². The molecule has 0 aliphatic carbocycles. The maximum absolute atomic E-state index is 11.4. The summed E-state index contributed by atoms with van der Waals surface area (Å²) in [5, 5.41) is 6.80. The Bertz CT molecular complexity index is 323. The largest absolute Gasteiger partial charge is 0.380 e. The third-order valence-corrected chi connectivity index (χ3v) is 1.90. The Balaban J connectivity index is 2.67. The highest BCUT2D eigenvalue weighted by molar-refractivity contribution is 6.17. The molecule has 0 bridgehead atoms. The molecule has 1 rings (SSSR count). The van der Waals surface area contributed by atoms with Crippen molar-refractivity contribution in [2.24, 2.45) is 7.05 Å². The van der Waals surface area contributed by atoms with Crippen LogP contribution < -0.4 is 10.9 Å². The van der Waals surface area contributed by atoms with E-state index in [1.165, 1.54) is 4.68 Å². The van der Waals surface area contributed by atoms with Gasteiger partial charge in [-0.1, -0.05) is 0 Å². The van der Waals surface area contributed by atoms with Gasteiger partial charge in [0.1, 0.15) is 5.69 Å². The van der Waals surface area contributed by atoms with Crippen molar-refractivity contribution in [2.75, 3.05) is 17.7 Å². The van der Waals surface area contributed by atoms with E-state index in [9.17, 15) is 4.79 Å². The normalized spacial score (nSPS) is 10.0. The molecular formula is C8H12ClN3O. The van der Waals surface area contributed by atoms with E-state index in [4.69, 9.17) is 11.6 Å². The van der Waals surface area contributed by atoms with Gasteiger partial charge in [-0.25, -0.2) is 4.68 Å². The molecule has 13 heavy (non-hydrogen) atoms. The van der Waals surface area contributed by atoms with Crippen LogP contribution in [0.3, 0.4) is 0 Å². The quantitative estimate of drug-likeness (QED) is 0.580. The van der Waals surface area contributed by atoms with Gasteiger partial charge < -0.3 is 5.32 Å². The summed E-state index contributed by atoms with van der Waals surface area (Å²) in [6, 6.07) is 1.66. The second-order valence-corrected chi connectivity index (χ2v) is 3.02. The molecule has 0 saturated carbocycles. The summed E-state index contributed by atoms with van der Waals surface area (Å²) in [4.78, 5) is 11.4. The van der Waals surface area contributed by atoms with Gasteiger partial charge in [-0.05, 0) is 12.5 Å². The van der Waals surface area contributed by atoms with Gasteiger partial charge in [0.25, 0.3) is 5.56 Å². The fourth-order valence-corrected chi connectivity index (χ4v) is 1.06. The van der Waals surface area contributed by atoms with Crippen molar-refractivity contribution in [1.82, 2.24) is 9.78 Å². The van der Waals surface area contributed by atoms with E-state index in [0.29, 0.717) is 18.1 Å². The molecule has 5 heteroatoms. The minimum absolute atomic E-state index is 0.114. The Hall–Kier alpha value is -1.03. The Morgan fingerprint density at radius 2 is 2.46 bits per heavy atom. The molecule has 0 unspecified atom stereocenters. The van der Waals surface area contributed by atoms with Crippen molar-refractivity contribution in [2.45, 2.75) is 6.42 Å². The summed E-state index contributed by atoms with van der Waals surface area (Å²) in [5.74, 6) is 0.596. The minimum Gasteiger partial charge on any atom is -0.380 e. The lowest BCUT2D eigenvalue weighted by molar-refractivity contribution is 0.708. The van der Waals surface area contributed by atoms with Crippen LogP contribution in [0.15, 0.2) is 17.1 Å². The summed E-state index contributed by atoms with van der Waals surface area (Å²) in [6.07, 6.45) is 2.43. The van der Waals surface area contributed by atoms with Crippen molar-refractivity contribution in [1.29, 1.82) is 0 Å². The molecule has 0 atom stereocenters. The Kier molecular flexibility index (Phi) is 3.76. The molecule has 0 aliphatic rings. The van der Waals surface area contributed by atoms with Crippen LogP contribution in [0.2, 0.25) is 0 Å². The second-order valence-electron chi connectivity index (χ2n) is 2.64. The van der Waals surface area contributed by atoms with Crippen LogP contribution in [0.4, 0.5) is 5.69 Å². The highest BCUT2D eigenvalue weighted by Crippen LogP contribution is 1.96. The number of hydrogen-bond acceptors (Lipinski definition) is 3. The van der Waals surface area contributed by atoms with Crippen molar-refractivity contribution in [3.05, 3.63) is 22.6 Å². The van der Waals surface area contributed by atoms with E-state index in [1.54, 1.807) is 19.3 Å². The summed E-state index contributed by atoms with van der Waals surface area (Å²) < 4.78 is 1.29. The lowest BCUT2D eigenvalue weighted by Crippen LogP contribution is -2.23. The molecule has 0 fully saturated rings. The van der Waals surface area contributed by atoms with Crippen LogP contribution in [0.1, 0.15) is 6.42 Å². The summed E-state index contributed by atoms with van der Waals surface area (Å²) in [5.41, 5.74) is 0.458. The fraction of sp³-hybridized carbons (Fsp3) is 0.500. The number of aromatic nitrogens is 2. The fourth-order valence-electron chi connectivity index (χ4n) is 0.930. The molecule has 1 N–H and O–H groups in total. The van der Waals surface area contributed by atoms with Crippen molar-refractivity contribution < 1.29 is 0 Å². The average Bonchev–Trinajstić information content (AvgIpc) is 2.13. The number of nitrogens with one attached hydrogen (secondary N) is 1. The Morgan fingerprint density at radius 3 is 3.15 bits per heavy atom. The van der Waals surface area contributed by atoms with Crippen LogP contribution in [0.5, 0.6) is 0 Å². The standard InChI is InChI=1S/C8H12ClN3O/c1-12-8(13)7(3-6-11-12)10-5-2-4-9/h3,6,10H,2,4-5H2,1H3. The topological polar surface area (TPSA) is 46.9 Å². The minimum atomic E-state index is -0.114. The number of alkyl halides is 1. The third-order valence-electron chi connectivity index (χ3n) is 1.63. The number of hydrogen-bond donors (Lipinski definition) is 1. The van der Waals surface area contributed by atoms with Gasteiger partial charge in [0.2, 0.25) is 0 Å². The van der Waals surface area contributed by atoms with Crippen LogP contribution in [-0.2, 0) is 7.05 Å². The molecule has 0 spiro atoms. The van der Waals surface area contributed by atoms with E-state index < -0.39 is 0 Å². The zero-order chi connectivity index (χ0) is 9.68. The molecule has 1 aromatic heterocycles. The number of nitrogens with zero attached hydrogens (tertiary/aromatic N) is 2. The van der Waals surface area contributed by atoms with Crippen LogP contribution in [0, 0.1) is 0 Å². The first kappa shape index (κ1) is 10.1. The number of aryl methyl sites for hydroxylation is 1. The van der Waals surface area contributed by atoms with Gasteiger partial charge in [0.15, 0.2) is 0 Å². The van der Waals surface area contributed by atoms with Crippen LogP contribution in [-0.4, -0.2) is 22.2 Å². The summed E-state index contributed by atoms with van der Waals surface area (Å²) >= 11 is 5.50. The molecule has 0 radical (unpaired) electrons. The molecule has 4 nitrogen and oxygen atoms in total. The van der Waals surface area contributed by atoms with E-state index >= 15 is 0 Å². The maximum Gasteiger partial charge on any atom is 0.289 e. The van der Waals surface area contributed by atoms with E-state index in [2.05, 4.69) is 10.4 Å². The van der Waals surface area contributed by atoms with E-state index in [-0.39, 0.29) is 5.56 Å². The molecule has 1 aromatic rings. The SMILES string of the molecule is Cn1nccc(NCCCCl)c1=O. The van der Waals surface area contributed by atoms with E-state index in [0.717, 1.165) is 6.42 Å². The second kappa shape index (κ2) is 4.87. The maximum atomic E-state index is 11.4. The zero-order valence-corrected chi connectivity index (χ0v) is 8.21. The van der Waals surface area contributed by atoms with Gasteiger partial charge in [0.05, 0.1) is 0 Å². The molecule has 0 aliphatic heterocycles. The smallest absolute Gasteiger partial charge is 0.289 e. The molecule has 0 saturated heterocycles. The van der Waals surface area contributed by atoms with Crippen LogP contribution in [0.25, 0.3) is 0 Å². The van der Waals surface area contributed by atoms with Crippen molar-refractivity contribution >= 4 is 17.3 Å². The number of anilines is 1. The third kappa shape index (κ3) is 2.73. The highest BCUT2D eigenvalue weighted by Gasteiger charge is 1.98. The predicted octanol–water partition coefficient (Wildman–Crippen LogP) is 0.821. The predicted molar refractivity (Wildman–Crippen MR) is 53.3 cm³/mol. The lowest BCUT2D eigenvalue weighted by atomic mass is 10.4. The number of rotatable bonds is 4. The highest BCUT2D eigenvalue weighted by atomic mass is 35.5. The molecule has 0 amide bonds. The molecule has 0 aromatic carbocycles. The van der Waals surface area contributed by atoms with Gasteiger partial charge in [-0.15, -0.1) is 11.6 Å². The zero-order valence-electron chi connectivity index (χ0n) is 7.46. The summed E-state index contributed by atoms with van der Waals surface area (Å²) in [6.45, 7) is 0.711.